The van der Waals surface area contributed by atoms with Gasteiger partial charge in [-0.3, -0.25) is 0 Å². The van der Waals surface area contributed by atoms with Crippen molar-refractivity contribution in [3.05, 3.63) is 54.2 Å². The largest absolute Gasteiger partial charge is 0.508 e. The van der Waals surface area contributed by atoms with Crippen LogP contribution in [0.3, 0.4) is 0 Å². The number of anilines is 1. The highest BCUT2D eigenvalue weighted by atomic mass is 16.5. The van der Waals surface area contributed by atoms with E-state index in [4.69, 9.17) is 10.5 Å². The molecule has 0 saturated carbocycles. The molecule has 0 bridgehead atoms. The molecule has 4 nitrogen and oxygen atoms in total. The first-order valence-electron chi connectivity index (χ1n) is 6.96. The fourth-order valence-electron chi connectivity index (χ4n) is 2.50. The lowest BCUT2D eigenvalue weighted by Gasteiger charge is -2.05. The summed E-state index contributed by atoms with van der Waals surface area (Å²) in [7, 11) is 0. The predicted octanol–water partition coefficient (Wildman–Crippen LogP) is 3.53. The third kappa shape index (κ3) is 2.65. The zero-order chi connectivity index (χ0) is 14.8. The summed E-state index contributed by atoms with van der Waals surface area (Å²) in [5, 5.41) is 10.6. The first-order chi connectivity index (χ1) is 10.2. The van der Waals surface area contributed by atoms with Gasteiger partial charge >= 0.3 is 0 Å². The molecule has 0 amide bonds. The molecule has 0 aliphatic carbocycles. The molecule has 0 aliphatic heterocycles. The Morgan fingerprint density at radius 2 is 2.05 bits per heavy atom. The van der Waals surface area contributed by atoms with Crippen molar-refractivity contribution in [2.24, 2.45) is 0 Å². The lowest BCUT2D eigenvalue weighted by molar-refractivity contribution is 0.305. The molecule has 0 spiro atoms. The average Bonchev–Trinajstić information content (AvgIpc) is 2.82. The number of nitrogen functional groups attached to an aromatic ring is 1. The van der Waals surface area contributed by atoms with Crippen LogP contribution in [0.4, 0.5) is 5.69 Å². The molecule has 0 unspecified atom stereocenters. The van der Waals surface area contributed by atoms with E-state index in [2.05, 4.69) is 17.7 Å². The lowest BCUT2D eigenvalue weighted by Crippen LogP contribution is -1.95. The Morgan fingerprint density at radius 1 is 1.19 bits per heavy atom. The van der Waals surface area contributed by atoms with Crippen LogP contribution in [-0.2, 0) is 13.2 Å². The second kappa shape index (κ2) is 5.40. The molecule has 108 valence electrons. The van der Waals surface area contributed by atoms with Crippen molar-refractivity contribution in [3.8, 4) is 11.5 Å². The molecule has 3 N–H and O–H groups in total. The molecule has 3 rings (SSSR count). The SMILES string of the molecule is CCn1cc(COc2cccc(O)c2)c2ccc(N)cc21. The Labute approximate surface area is 123 Å². The Hall–Kier alpha value is -2.62. The lowest BCUT2D eigenvalue weighted by atomic mass is 10.1. The maximum absolute atomic E-state index is 9.46. The number of aromatic nitrogens is 1. The first-order valence-corrected chi connectivity index (χ1v) is 6.96. The molecule has 1 heterocycles. The maximum atomic E-state index is 9.46. The number of benzene rings is 2. The van der Waals surface area contributed by atoms with Crippen LogP contribution in [0, 0.1) is 0 Å². The van der Waals surface area contributed by atoms with Crippen molar-refractivity contribution in [1.29, 1.82) is 0 Å². The normalized spacial score (nSPS) is 10.9. The number of phenolic OH excluding ortho intramolecular Hbond substituents is 1. The van der Waals surface area contributed by atoms with Gasteiger partial charge in [-0.2, -0.15) is 0 Å². The van der Waals surface area contributed by atoms with E-state index >= 15 is 0 Å². The van der Waals surface area contributed by atoms with Crippen LogP contribution < -0.4 is 10.5 Å². The third-order valence-electron chi connectivity index (χ3n) is 3.54. The molecule has 0 aliphatic rings. The number of hydrogen-bond acceptors (Lipinski definition) is 3. The van der Waals surface area contributed by atoms with E-state index in [0.717, 1.165) is 28.7 Å². The van der Waals surface area contributed by atoms with Gasteiger partial charge < -0.3 is 20.1 Å². The highest BCUT2D eigenvalue weighted by Gasteiger charge is 2.09. The smallest absolute Gasteiger partial charge is 0.123 e. The number of rotatable bonds is 4. The van der Waals surface area contributed by atoms with E-state index in [9.17, 15) is 5.11 Å². The Bertz CT molecular complexity index is 778. The number of phenols is 1. The number of aromatic hydroxyl groups is 1. The molecule has 1 aromatic heterocycles. The van der Waals surface area contributed by atoms with Gasteiger partial charge in [0.2, 0.25) is 0 Å². The summed E-state index contributed by atoms with van der Waals surface area (Å²) in [6, 6.07) is 12.7. The second-order valence-electron chi connectivity index (χ2n) is 5.00. The van der Waals surface area contributed by atoms with Crippen molar-refractivity contribution in [2.45, 2.75) is 20.1 Å². The fourth-order valence-corrected chi connectivity index (χ4v) is 2.50. The van der Waals surface area contributed by atoms with Crippen molar-refractivity contribution in [1.82, 2.24) is 4.57 Å². The zero-order valence-corrected chi connectivity index (χ0v) is 11.9. The van der Waals surface area contributed by atoms with Crippen LogP contribution in [0.25, 0.3) is 10.9 Å². The molecule has 21 heavy (non-hydrogen) atoms. The van der Waals surface area contributed by atoms with E-state index in [-0.39, 0.29) is 5.75 Å². The Balaban J connectivity index is 1.90. The molecule has 0 atom stereocenters. The summed E-state index contributed by atoms with van der Waals surface area (Å²) in [6.07, 6.45) is 2.09. The first kappa shape index (κ1) is 13.4. The number of fused-ring (bicyclic) bond motifs is 1. The van der Waals surface area contributed by atoms with E-state index in [1.165, 1.54) is 0 Å². The summed E-state index contributed by atoms with van der Waals surface area (Å²) >= 11 is 0. The molecular formula is C17H18N2O2. The number of nitrogens with two attached hydrogens (primary N) is 1. The van der Waals surface area contributed by atoms with Gasteiger partial charge in [0.25, 0.3) is 0 Å². The summed E-state index contributed by atoms with van der Waals surface area (Å²) in [5.74, 6) is 0.860. The third-order valence-corrected chi connectivity index (χ3v) is 3.54. The van der Waals surface area contributed by atoms with Crippen molar-refractivity contribution in [3.63, 3.8) is 0 Å². The predicted molar refractivity (Wildman–Crippen MR) is 84.5 cm³/mol. The molecule has 2 aromatic carbocycles. The number of nitrogens with zero attached hydrogens (tertiary/aromatic N) is 1. The van der Waals surface area contributed by atoms with Crippen LogP contribution in [0.15, 0.2) is 48.7 Å². The van der Waals surface area contributed by atoms with Gasteiger partial charge in [-0.1, -0.05) is 12.1 Å². The van der Waals surface area contributed by atoms with Crippen molar-refractivity contribution >= 4 is 16.6 Å². The summed E-state index contributed by atoms with van der Waals surface area (Å²) in [6.45, 7) is 3.44. The van der Waals surface area contributed by atoms with E-state index in [1.807, 2.05) is 24.3 Å². The minimum atomic E-state index is 0.205. The quantitative estimate of drug-likeness (QED) is 0.720. The van der Waals surface area contributed by atoms with Gasteiger partial charge in [0.05, 0.1) is 5.52 Å². The van der Waals surface area contributed by atoms with Gasteiger partial charge in [-0.05, 0) is 31.2 Å². The topological polar surface area (TPSA) is 60.4 Å². The highest BCUT2D eigenvalue weighted by Crippen LogP contribution is 2.26. The van der Waals surface area contributed by atoms with E-state index in [1.54, 1.807) is 18.2 Å². The Morgan fingerprint density at radius 3 is 2.81 bits per heavy atom. The van der Waals surface area contributed by atoms with Gasteiger partial charge in [-0.15, -0.1) is 0 Å². The van der Waals surface area contributed by atoms with Crippen LogP contribution >= 0.6 is 0 Å². The van der Waals surface area contributed by atoms with E-state index < -0.39 is 0 Å². The van der Waals surface area contributed by atoms with Gasteiger partial charge in [0.1, 0.15) is 18.1 Å². The monoisotopic (exact) mass is 282 g/mol. The molecular weight excluding hydrogens is 264 g/mol. The molecule has 0 saturated heterocycles. The molecule has 4 heteroatoms. The summed E-state index contributed by atoms with van der Waals surface area (Å²) in [4.78, 5) is 0. The molecule has 0 fully saturated rings. The van der Waals surface area contributed by atoms with Crippen molar-refractivity contribution < 1.29 is 9.84 Å². The number of ether oxygens (including phenoxy) is 1. The standard InChI is InChI=1S/C17H18N2O2/c1-2-19-10-12(16-7-6-13(18)8-17(16)19)11-21-15-5-3-4-14(20)9-15/h3-10,20H,2,11,18H2,1H3. The number of aryl methyl sites for hydroxylation is 1. The summed E-state index contributed by atoms with van der Waals surface area (Å²) < 4.78 is 7.92. The number of hydrogen-bond donors (Lipinski definition) is 2. The fraction of sp³-hybridized carbons (Fsp3) is 0.176. The minimum Gasteiger partial charge on any atom is -0.508 e. The molecule has 3 aromatic rings. The van der Waals surface area contributed by atoms with Crippen LogP contribution in [-0.4, -0.2) is 9.67 Å². The van der Waals surface area contributed by atoms with Crippen LogP contribution in [0.1, 0.15) is 12.5 Å². The molecule has 0 radical (unpaired) electrons. The van der Waals surface area contributed by atoms with Crippen LogP contribution in [0.5, 0.6) is 11.5 Å². The zero-order valence-electron chi connectivity index (χ0n) is 11.9. The maximum Gasteiger partial charge on any atom is 0.123 e. The van der Waals surface area contributed by atoms with Crippen molar-refractivity contribution in [2.75, 3.05) is 5.73 Å². The Kier molecular flexibility index (Phi) is 3.44. The minimum absolute atomic E-state index is 0.205. The summed E-state index contributed by atoms with van der Waals surface area (Å²) in [5.41, 5.74) is 8.85. The van der Waals surface area contributed by atoms with Gasteiger partial charge in [0.15, 0.2) is 0 Å². The second-order valence-corrected chi connectivity index (χ2v) is 5.00. The van der Waals surface area contributed by atoms with Gasteiger partial charge in [0, 0.05) is 35.4 Å². The van der Waals surface area contributed by atoms with Gasteiger partial charge in [-0.25, -0.2) is 0 Å². The average molecular weight is 282 g/mol. The van der Waals surface area contributed by atoms with Crippen LogP contribution in [0.2, 0.25) is 0 Å². The highest BCUT2D eigenvalue weighted by molar-refractivity contribution is 5.86. The van der Waals surface area contributed by atoms with E-state index in [0.29, 0.717) is 12.4 Å².